The Kier molecular flexibility index (Phi) is 13.5. The highest BCUT2D eigenvalue weighted by molar-refractivity contribution is 5.38. The van der Waals surface area contributed by atoms with Gasteiger partial charge in [-0.05, 0) is 77.2 Å². The van der Waals surface area contributed by atoms with Crippen LogP contribution < -0.4 is 0 Å². The molecule has 2 N–H and O–H groups in total. The first kappa shape index (κ1) is 35.3. The van der Waals surface area contributed by atoms with Gasteiger partial charge in [0.05, 0.1) is 12.2 Å². The molecule has 0 fully saturated rings. The van der Waals surface area contributed by atoms with Crippen molar-refractivity contribution < 1.29 is 10.2 Å². The molecule has 0 bridgehead atoms. The number of aliphatic hydroxyl groups excluding tert-OH is 2. The van der Waals surface area contributed by atoms with Crippen LogP contribution in [0.1, 0.15) is 88.5 Å². The second-order valence-corrected chi connectivity index (χ2v) is 13.7. The highest BCUT2D eigenvalue weighted by Gasteiger charge is 2.34. The zero-order valence-corrected chi connectivity index (χ0v) is 27.9. The van der Waals surface area contributed by atoms with E-state index in [4.69, 9.17) is 0 Å². The largest absolute Gasteiger partial charge is 0.393 e. The molecule has 0 saturated carbocycles. The molecule has 3 atom stereocenters. The van der Waals surface area contributed by atoms with E-state index in [-0.39, 0.29) is 23.0 Å². The lowest BCUT2D eigenvalue weighted by molar-refractivity contribution is 0.116. The molecular formula is C40H56O2. The Labute approximate surface area is 257 Å². The van der Waals surface area contributed by atoms with Crippen molar-refractivity contribution in [2.75, 3.05) is 0 Å². The van der Waals surface area contributed by atoms with Crippen LogP contribution in [0.2, 0.25) is 0 Å². The third-order valence-corrected chi connectivity index (χ3v) is 8.33. The molecule has 2 nitrogen and oxygen atoms in total. The molecule has 2 heteroatoms. The minimum absolute atomic E-state index is 0.00528. The Balaban J connectivity index is 1.90. The summed E-state index contributed by atoms with van der Waals surface area (Å²) >= 11 is 0. The van der Waals surface area contributed by atoms with E-state index in [1.807, 2.05) is 6.08 Å². The van der Waals surface area contributed by atoms with E-state index in [1.54, 1.807) is 0 Å². The van der Waals surface area contributed by atoms with Crippen LogP contribution in [0, 0.1) is 16.7 Å². The van der Waals surface area contributed by atoms with E-state index in [0.717, 1.165) is 19.3 Å². The van der Waals surface area contributed by atoms with E-state index in [0.29, 0.717) is 5.92 Å². The smallest absolute Gasteiger partial charge is 0.0729 e. The summed E-state index contributed by atoms with van der Waals surface area (Å²) < 4.78 is 0. The molecule has 2 rings (SSSR count). The van der Waals surface area contributed by atoms with Crippen molar-refractivity contribution in [2.24, 2.45) is 16.7 Å². The molecule has 0 radical (unpaired) electrons. The number of rotatable bonds is 10. The zero-order chi connectivity index (χ0) is 31.5. The van der Waals surface area contributed by atoms with Gasteiger partial charge in [-0.1, -0.05) is 152 Å². The fourth-order valence-electron chi connectivity index (χ4n) is 6.14. The van der Waals surface area contributed by atoms with Gasteiger partial charge < -0.3 is 10.2 Å². The van der Waals surface area contributed by atoms with Gasteiger partial charge >= 0.3 is 0 Å². The van der Waals surface area contributed by atoms with Crippen LogP contribution in [0.4, 0.5) is 0 Å². The van der Waals surface area contributed by atoms with Gasteiger partial charge in [0, 0.05) is 5.92 Å². The van der Waals surface area contributed by atoms with Crippen molar-refractivity contribution in [3.05, 3.63) is 130 Å². The van der Waals surface area contributed by atoms with Crippen molar-refractivity contribution in [2.45, 2.75) is 101 Å². The highest BCUT2D eigenvalue weighted by atomic mass is 16.4. The summed E-state index contributed by atoms with van der Waals surface area (Å²) in [5.41, 5.74) is 8.73. The van der Waals surface area contributed by atoms with E-state index in [2.05, 4.69) is 154 Å². The lowest BCUT2D eigenvalue weighted by atomic mass is 10.7. The number of allylic oxidation sites excluding steroid dienone is 20. The first-order chi connectivity index (χ1) is 19.6. The predicted octanol–water partition coefficient (Wildman–Crippen LogP) is 10.4. The third kappa shape index (κ3) is 11.7. The summed E-state index contributed by atoms with van der Waals surface area (Å²) in [6, 6.07) is 0. The molecular weight excluding hydrogens is 552 g/mol. The first-order valence-corrected chi connectivity index (χ1v) is 15.4. The van der Waals surface area contributed by atoms with Gasteiger partial charge in [0.25, 0.3) is 0 Å². The molecule has 228 valence electrons. The maximum absolute atomic E-state index is 10.1. The number of hydrogen-bond donors (Lipinski definition) is 2. The fraction of sp³-hybridized carbons (Fsp3) is 0.450. The number of hydrogen-bond acceptors (Lipinski definition) is 2. The number of aliphatic hydroxyl groups is 2. The Morgan fingerprint density at radius 2 is 1.21 bits per heavy atom. The maximum atomic E-state index is 10.1. The summed E-state index contributed by atoms with van der Waals surface area (Å²) in [5.74, 6) is 0.348. The van der Waals surface area contributed by atoms with Crippen molar-refractivity contribution in [3.63, 3.8) is 0 Å². The molecule has 0 aromatic heterocycles. The van der Waals surface area contributed by atoms with E-state index in [9.17, 15) is 10.2 Å². The van der Waals surface area contributed by atoms with E-state index < -0.39 is 0 Å². The SMILES string of the molecule is [13CH3][13C]1=[13CH][13C@H](O)[13CH2][13C]([13CH3])([13CH3])[13C@H]1/[13CH]=[13CH]/[13C]([13CH3])=[13CH]/[13CH]=[13CH]/[13C]([13CH3])=[13CH]/[13CH]=[13CH]/[13CH]=[13C]([13CH3])/[13CH]=[13CH]/[13CH]=[13C]([13CH3])/[13CH]=[13CH]/[13C]1=[13C]([13CH3])[13CH2][13C@@H](O)[13CH2][13C]1([13CH3])[13CH3]. The average Bonchev–Trinajstić information content (AvgIpc) is 2.84. The molecule has 0 aromatic carbocycles. The van der Waals surface area contributed by atoms with Crippen LogP contribution in [-0.2, 0) is 0 Å². The van der Waals surface area contributed by atoms with Gasteiger partial charge in [-0.25, -0.2) is 0 Å². The maximum Gasteiger partial charge on any atom is 0.0729 e. The molecule has 2 aliphatic rings. The summed E-state index contributed by atoms with van der Waals surface area (Å²) in [4.78, 5) is 0. The quantitative estimate of drug-likeness (QED) is 0.147. The van der Waals surface area contributed by atoms with Crippen LogP contribution in [0.15, 0.2) is 130 Å². The lowest BCUT2D eigenvalue weighted by Crippen LogP contribution is -2.32. The van der Waals surface area contributed by atoms with Crippen LogP contribution >= 0.6 is 0 Å². The van der Waals surface area contributed by atoms with Crippen LogP contribution in [0.3, 0.4) is 0 Å². The Hall–Kier alpha value is -2.94. The van der Waals surface area contributed by atoms with Crippen molar-refractivity contribution >= 4 is 0 Å². The zero-order valence-electron chi connectivity index (χ0n) is 27.9. The van der Waals surface area contributed by atoms with Crippen molar-refractivity contribution in [1.29, 1.82) is 0 Å². The Morgan fingerprint density at radius 1 is 0.714 bits per heavy atom. The van der Waals surface area contributed by atoms with Gasteiger partial charge in [0.2, 0.25) is 0 Å². The molecule has 0 aliphatic heterocycles. The predicted molar refractivity (Wildman–Crippen MR) is 184 cm³/mol. The van der Waals surface area contributed by atoms with Crippen LogP contribution in [0.5, 0.6) is 0 Å². The van der Waals surface area contributed by atoms with Crippen molar-refractivity contribution in [1.82, 2.24) is 0 Å². The second-order valence-electron chi connectivity index (χ2n) is 13.7. The van der Waals surface area contributed by atoms with Crippen LogP contribution in [0.25, 0.3) is 0 Å². The van der Waals surface area contributed by atoms with Gasteiger partial charge in [0.1, 0.15) is 0 Å². The first-order valence-electron chi connectivity index (χ1n) is 15.4. The van der Waals surface area contributed by atoms with E-state index in [1.165, 1.54) is 39.0 Å². The van der Waals surface area contributed by atoms with Gasteiger partial charge in [0.15, 0.2) is 0 Å². The summed E-state index contributed by atoms with van der Waals surface area (Å²) in [6.07, 6.45) is 33.8. The lowest BCUT2D eigenvalue weighted by Gasteiger charge is -2.38. The summed E-state index contributed by atoms with van der Waals surface area (Å²) in [7, 11) is 0. The normalized spacial score (nSPS) is 26.6. The van der Waals surface area contributed by atoms with Gasteiger partial charge in [-0.15, -0.1) is 0 Å². The summed E-state index contributed by atoms with van der Waals surface area (Å²) in [5, 5.41) is 20.2. The van der Waals surface area contributed by atoms with Gasteiger partial charge in [-0.3, -0.25) is 0 Å². The topological polar surface area (TPSA) is 40.5 Å². The highest BCUT2D eigenvalue weighted by Crippen LogP contribution is 2.42. The molecule has 0 saturated heterocycles. The molecule has 0 spiro atoms. The Morgan fingerprint density at radius 3 is 1.74 bits per heavy atom. The minimum atomic E-state index is -0.331. The molecule has 0 aromatic rings. The van der Waals surface area contributed by atoms with Crippen LogP contribution in [-0.4, -0.2) is 22.4 Å². The van der Waals surface area contributed by atoms with E-state index >= 15 is 0 Å². The fourth-order valence-corrected chi connectivity index (χ4v) is 6.14. The minimum Gasteiger partial charge on any atom is -0.393 e. The third-order valence-electron chi connectivity index (χ3n) is 8.33. The monoisotopic (exact) mass is 609 g/mol. The molecule has 0 unspecified atom stereocenters. The molecule has 0 heterocycles. The standard InChI is InChI=1S/C40H56O2/c1-29(17-13-19-31(3)21-23-37-33(5)25-35(41)27-39(37,7)8)15-11-12-16-30(2)18-14-20-32(4)22-24-38-34(6)26-36(42)28-40(38,9)10/h11-25,35-37,41-42H,26-28H2,1-10H3/b12-11+,17-13+,18-14+,23-21+,24-22+,29-15+,30-16+,31-19+,32-20+/t35-,36+,37-/m0/s1/i1+1,2+1,3+1,4+1,5+1,6+1,7+1,8+1,9+1,10+1,11+1,12+1,13+1,14+1,15+1,16+1,17+1,18+1,19+1,20+1,21+1,22+1,23+1,24+1,25+1,26+1,27+1,28+1,29+1,30+1,31+1,32+1,33+1,34+1,35+1,36+1,37+1,38+1,39+1,40+1. The summed E-state index contributed by atoms with van der Waals surface area (Å²) in [6.45, 7) is 21.6. The molecule has 42 heavy (non-hydrogen) atoms. The van der Waals surface area contributed by atoms with Crippen molar-refractivity contribution in [3.8, 4) is 0 Å². The molecule has 0 amide bonds. The van der Waals surface area contributed by atoms with Gasteiger partial charge in [-0.2, -0.15) is 0 Å². The average molecular weight is 609 g/mol. The second kappa shape index (κ2) is 16.1. The Bertz CT molecular complexity index is 1270. The molecule has 2 aliphatic carbocycles.